The van der Waals surface area contributed by atoms with Gasteiger partial charge in [0.05, 0.1) is 24.3 Å². The quantitative estimate of drug-likeness (QED) is 0.871. The van der Waals surface area contributed by atoms with Gasteiger partial charge < -0.3 is 14.9 Å². The zero-order valence-electron chi connectivity index (χ0n) is 11.6. The Hall–Kier alpha value is -2.14. The molecule has 0 bridgehead atoms. The van der Waals surface area contributed by atoms with Crippen LogP contribution < -0.4 is 5.32 Å². The van der Waals surface area contributed by atoms with Crippen molar-refractivity contribution >= 4 is 5.91 Å². The molecule has 0 aliphatic carbocycles. The maximum atomic E-state index is 11.8. The molecule has 0 atom stereocenters. The SMILES string of the molecule is CC(C)(CO)NC(=O)Cc1cc(-c2ccccc2)on1. The minimum absolute atomic E-state index is 0.118. The van der Waals surface area contributed by atoms with E-state index in [0.717, 1.165) is 5.56 Å². The van der Waals surface area contributed by atoms with Gasteiger partial charge in [-0.05, 0) is 13.8 Å². The maximum absolute atomic E-state index is 11.8. The van der Waals surface area contributed by atoms with Crippen molar-refractivity contribution in [1.29, 1.82) is 0 Å². The van der Waals surface area contributed by atoms with Gasteiger partial charge >= 0.3 is 0 Å². The van der Waals surface area contributed by atoms with Crippen LogP contribution in [0.1, 0.15) is 19.5 Å². The molecule has 0 saturated heterocycles. The van der Waals surface area contributed by atoms with E-state index in [9.17, 15) is 4.79 Å². The predicted molar refractivity (Wildman–Crippen MR) is 75.0 cm³/mol. The first-order valence-corrected chi connectivity index (χ1v) is 6.43. The molecule has 0 spiro atoms. The highest BCUT2D eigenvalue weighted by Crippen LogP contribution is 2.19. The lowest BCUT2D eigenvalue weighted by molar-refractivity contribution is -0.122. The van der Waals surface area contributed by atoms with Gasteiger partial charge in [-0.15, -0.1) is 0 Å². The van der Waals surface area contributed by atoms with Gasteiger partial charge in [-0.3, -0.25) is 4.79 Å². The molecule has 20 heavy (non-hydrogen) atoms. The van der Waals surface area contributed by atoms with Gasteiger partial charge in [-0.2, -0.15) is 0 Å². The van der Waals surface area contributed by atoms with Gasteiger partial charge in [0.25, 0.3) is 0 Å². The van der Waals surface area contributed by atoms with E-state index < -0.39 is 5.54 Å². The molecule has 0 fully saturated rings. The first-order chi connectivity index (χ1) is 9.50. The number of aliphatic hydroxyl groups excluding tert-OH is 1. The van der Waals surface area contributed by atoms with E-state index in [0.29, 0.717) is 11.5 Å². The van der Waals surface area contributed by atoms with Gasteiger partial charge in [0, 0.05) is 11.6 Å². The maximum Gasteiger partial charge on any atom is 0.226 e. The summed E-state index contributed by atoms with van der Waals surface area (Å²) >= 11 is 0. The second kappa shape index (κ2) is 5.88. The average Bonchev–Trinajstić information content (AvgIpc) is 2.87. The van der Waals surface area contributed by atoms with E-state index in [1.807, 2.05) is 30.3 Å². The normalized spacial score (nSPS) is 11.3. The smallest absolute Gasteiger partial charge is 0.226 e. The number of hydrogen-bond donors (Lipinski definition) is 2. The minimum Gasteiger partial charge on any atom is -0.394 e. The van der Waals surface area contributed by atoms with Crippen molar-refractivity contribution < 1.29 is 14.4 Å². The summed E-state index contributed by atoms with van der Waals surface area (Å²) in [5.74, 6) is 0.437. The van der Waals surface area contributed by atoms with Crippen molar-refractivity contribution in [3.63, 3.8) is 0 Å². The van der Waals surface area contributed by atoms with Crippen LogP contribution in [-0.2, 0) is 11.2 Å². The van der Waals surface area contributed by atoms with Crippen molar-refractivity contribution in [2.45, 2.75) is 25.8 Å². The van der Waals surface area contributed by atoms with Gasteiger partial charge in [0.1, 0.15) is 0 Å². The molecule has 5 heteroatoms. The fraction of sp³-hybridized carbons (Fsp3) is 0.333. The van der Waals surface area contributed by atoms with E-state index in [1.54, 1.807) is 19.9 Å². The summed E-state index contributed by atoms with van der Waals surface area (Å²) in [5.41, 5.74) is 0.848. The summed E-state index contributed by atoms with van der Waals surface area (Å²) in [4.78, 5) is 11.8. The molecule has 1 heterocycles. The number of aromatic nitrogens is 1. The molecule has 1 amide bonds. The Balaban J connectivity index is 2.02. The predicted octanol–water partition coefficient (Wildman–Crippen LogP) is 1.77. The van der Waals surface area contributed by atoms with Crippen molar-refractivity contribution in [2.24, 2.45) is 0 Å². The molecule has 2 N–H and O–H groups in total. The molecular weight excluding hydrogens is 256 g/mol. The van der Waals surface area contributed by atoms with Crippen LogP contribution in [0.2, 0.25) is 0 Å². The third-order valence-corrected chi connectivity index (χ3v) is 2.83. The fourth-order valence-corrected chi connectivity index (χ4v) is 1.76. The van der Waals surface area contributed by atoms with E-state index in [1.165, 1.54) is 0 Å². The second-order valence-electron chi connectivity index (χ2n) is 5.32. The lowest BCUT2D eigenvalue weighted by Crippen LogP contribution is -2.46. The van der Waals surface area contributed by atoms with Crippen molar-refractivity contribution in [1.82, 2.24) is 10.5 Å². The number of amides is 1. The number of carbonyl (C=O) groups excluding carboxylic acids is 1. The molecule has 1 aromatic heterocycles. The summed E-state index contributed by atoms with van der Waals surface area (Å²) in [5, 5.41) is 15.7. The van der Waals surface area contributed by atoms with Gasteiger partial charge in [0.2, 0.25) is 5.91 Å². The average molecular weight is 274 g/mol. The third-order valence-electron chi connectivity index (χ3n) is 2.83. The zero-order chi connectivity index (χ0) is 14.6. The van der Waals surface area contributed by atoms with Crippen LogP contribution in [0.15, 0.2) is 40.9 Å². The van der Waals surface area contributed by atoms with Gasteiger partial charge in [-0.25, -0.2) is 0 Å². The molecule has 1 aromatic carbocycles. The fourth-order valence-electron chi connectivity index (χ4n) is 1.76. The number of hydrogen-bond acceptors (Lipinski definition) is 4. The lowest BCUT2D eigenvalue weighted by atomic mass is 10.1. The summed E-state index contributed by atoms with van der Waals surface area (Å²) in [6.45, 7) is 3.39. The van der Waals surface area contributed by atoms with Crippen LogP contribution in [-0.4, -0.2) is 28.3 Å². The second-order valence-corrected chi connectivity index (χ2v) is 5.32. The van der Waals surface area contributed by atoms with Crippen LogP contribution in [0.4, 0.5) is 0 Å². The Morgan fingerprint density at radius 2 is 2.05 bits per heavy atom. The van der Waals surface area contributed by atoms with E-state index in [-0.39, 0.29) is 18.9 Å². The third kappa shape index (κ3) is 3.68. The van der Waals surface area contributed by atoms with Crippen molar-refractivity contribution in [3.05, 3.63) is 42.1 Å². The molecule has 106 valence electrons. The molecule has 0 unspecified atom stereocenters. The summed E-state index contributed by atoms with van der Waals surface area (Å²) < 4.78 is 5.23. The highest BCUT2D eigenvalue weighted by molar-refractivity contribution is 5.79. The Bertz CT molecular complexity index is 576. The number of carbonyl (C=O) groups is 1. The summed E-state index contributed by atoms with van der Waals surface area (Å²) in [7, 11) is 0. The number of nitrogens with one attached hydrogen (secondary N) is 1. The van der Waals surface area contributed by atoms with E-state index >= 15 is 0 Å². The number of nitrogens with zero attached hydrogens (tertiary/aromatic N) is 1. The first-order valence-electron chi connectivity index (χ1n) is 6.43. The topological polar surface area (TPSA) is 75.4 Å². The minimum atomic E-state index is -0.636. The van der Waals surface area contributed by atoms with Gasteiger partial charge in [-0.1, -0.05) is 35.5 Å². The Morgan fingerprint density at radius 3 is 2.70 bits per heavy atom. The molecule has 0 aliphatic heterocycles. The summed E-state index contributed by atoms with van der Waals surface area (Å²) in [6.07, 6.45) is 0.125. The zero-order valence-corrected chi connectivity index (χ0v) is 11.6. The molecule has 5 nitrogen and oxygen atoms in total. The number of rotatable bonds is 5. The van der Waals surface area contributed by atoms with Crippen LogP contribution >= 0.6 is 0 Å². The van der Waals surface area contributed by atoms with E-state index in [2.05, 4.69) is 10.5 Å². The molecular formula is C15H18N2O3. The molecule has 0 saturated carbocycles. The van der Waals surface area contributed by atoms with E-state index in [4.69, 9.17) is 9.63 Å². The van der Waals surface area contributed by atoms with Crippen LogP contribution in [0.3, 0.4) is 0 Å². The number of aliphatic hydroxyl groups is 1. The Kier molecular flexibility index (Phi) is 4.20. The van der Waals surface area contributed by atoms with Gasteiger partial charge in [0.15, 0.2) is 5.76 Å². The molecule has 0 radical (unpaired) electrons. The Morgan fingerprint density at radius 1 is 1.35 bits per heavy atom. The standard InChI is InChI=1S/C15H18N2O3/c1-15(2,10-18)16-14(19)9-12-8-13(20-17-12)11-6-4-3-5-7-11/h3-8,18H,9-10H2,1-2H3,(H,16,19). The highest BCUT2D eigenvalue weighted by atomic mass is 16.5. The van der Waals surface area contributed by atoms with Crippen LogP contribution in [0, 0.1) is 0 Å². The van der Waals surface area contributed by atoms with Crippen LogP contribution in [0.25, 0.3) is 11.3 Å². The first kappa shape index (κ1) is 14.3. The number of benzene rings is 1. The lowest BCUT2D eigenvalue weighted by Gasteiger charge is -2.23. The van der Waals surface area contributed by atoms with Crippen molar-refractivity contribution in [2.75, 3.05) is 6.61 Å². The highest BCUT2D eigenvalue weighted by Gasteiger charge is 2.20. The Labute approximate surface area is 117 Å². The summed E-state index contributed by atoms with van der Waals surface area (Å²) in [6, 6.07) is 11.3. The molecule has 2 rings (SSSR count). The molecule has 2 aromatic rings. The molecule has 0 aliphatic rings. The largest absolute Gasteiger partial charge is 0.394 e. The van der Waals surface area contributed by atoms with Crippen molar-refractivity contribution in [3.8, 4) is 11.3 Å². The monoisotopic (exact) mass is 274 g/mol. The van der Waals surface area contributed by atoms with Crippen LogP contribution in [0.5, 0.6) is 0 Å².